The van der Waals surface area contributed by atoms with Gasteiger partial charge in [0.2, 0.25) is 5.91 Å². The van der Waals surface area contributed by atoms with Gasteiger partial charge in [-0.1, -0.05) is 6.07 Å². The van der Waals surface area contributed by atoms with E-state index in [1.807, 2.05) is 0 Å². The van der Waals surface area contributed by atoms with Gasteiger partial charge in [0.25, 0.3) is 0 Å². The lowest BCUT2D eigenvalue weighted by atomic mass is 9.96. The molecular weight excluding hydrogens is 185 g/mol. The standard InChI is InChI=1S/C10H12FNO2/c1-10(2,14)7-4-3-6(9(12)13)5-8(7)11/h3-5,14H,1-2H3,(H2,12,13). The second-order valence-corrected chi connectivity index (χ2v) is 3.62. The third-order valence-electron chi connectivity index (χ3n) is 1.91. The van der Waals surface area contributed by atoms with Gasteiger partial charge in [-0.05, 0) is 26.0 Å². The van der Waals surface area contributed by atoms with Crippen LogP contribution in [0.25, 0.3) is 0 Å². The molecule has 1 rings (SSSR count). The molecule has 1 amide bonds. The molecule has 0 saturated heterocycles. The zero-order valence-electron chi connectivity index (χ0n) is 8.04. The topological polar surface area (TPSA) is 63.3 Å². The third kappa shape index (κ3) is 2.09. The smallest absolute Gasteiger partial charge is 0.248 e. The average Bonchev–Trinajstić information content (AvgIpc) is 2.01. The Kier molecular flexibility index (Phi) is 2.57. The summed E-state index contributed by atoms with van der Waals surface area (Å²) < 4.78 is 13.3. The second-order valence-electron chi connectivity index (χ2n) is 3.62. The first-order valence-electron chi connectivity index (χ1n) is 4.14. The van der Waals surface area contributed by atoms with Gasteiger partial charge in [-0.2, -0.15) is 0 Å². The van der Waals surface area contributed by atoms with Crippen LogP contribution in [0, 0.1) is 5.82 Å². The van der Waals surface area contributed by atoms with Crippen LogP contribution >= 0.6 is 0 Å². The highest BCUT2D eigenvalue weighted by Gasteiger charge is 2.20. The highest BCUT2D eigenvalue weighted by molar-refractivity contribution is 5.92. The van der Waals surface area contributed by atoms with Gasteiger partial charge >= 0.3 is 0 Å². The van der Waals surface area contributed by atoms with E-state index < -0.39 is 17.3 Å². The van der Waals surface area contributed by atoms with Crippen molar-refractivity contribution in [1.82, 2.24) is 0 Å². The molecule has 0 bridgehead atoms. The van der Waals surface area contributed by atoms with Crippen LogP contribution in [0.3, 0.4) is 0 Å². The van der Waals surface area contributed by atoms with E-state index in [9.17, 15) is 14.3 Å². The van der Waals surface area contributed by atoms with Crippen LogP contribution in [0.5, 0.6) is 0 Å². The van der Waals surface area contributed by atoms with Gasteiger partial charge in [0, 0.05) is 11.1 Å². The SMILES string of the molecule is CC(C)(O)c1ccc(C(N)=O)cc1F. The number of nitrogens with two attached hydrogens (primary N) is 1. The van der Waals surface area contributed by atoms with Crippen molar-refractivity contribution in [3.05, 3.63) is 35.1 Å². The molecule has 0 saturated carbocycles. The number of benzene rings is 1. The van der Waals surface area contributed by atoms with Gasteiger partial charge in [0.1, 0.15) is 5.82 Å². The monoisotopic (exact) mass is 197 g/mol. The summed E-state index contributed by atoms with van der Waals surface area (Å²) in [5.74, 6) is -1.32. The summed E-state index contributed by atoms with van der Waals surface area (Å²) >= 11 is 0. The minimum atomic E-state index is -1.26. The van der Waals surface area contributed by atoms with Gasteiger partial charge < -0.3 is 10.8 Å². The van der Waals surface area contributed by atoms with E-state index in [2.05, 4.69) is 0 Å². The molecule has 0 unspecified atom stereocenters. The van der Waals surface area contributed by atoms with Crippen LogP contribution in [-0.2, 0) is 5.60 Å². The van der Waals surface area contributed by atoms with Crippen molar-refractivity contribution in [1.29, 1.82) is 0 Å². The van der Waals surface area contributed by atoms with E-state index >= 15 is 0 Å². The number of amides is 1. The number of halogens is 1. The molecule has 3 N–H and O–H groups in total. The maximum Gasteiger partial charge on any atom is 0.248 e. The molecule has 0 radical (unpaired) electrons. The van der Waals surface area contributed by atoms with Gasteiger partial charge in [-0.25, -0.2) is 4.39 Å². The molecule has 1 aromatic rings. The molecule has 0 spiro atoms. The van der Waals surface area contributed by atoms with Gasteiger partial charge in [0.15, 0.2) is 0 Å². The van der Waals surface area contributed by atoms with Crippen LogP contribution in [0.4, 0.5) is 4.39 Å². The van der Waals surface area contributed by atoms with Crippen LogP contribution in [0.15, 0.2) is 18.2 Å². The van der Waals surface area contributed by atoms with Crippen LogP contribution in [0.1, 0.15) is 29.8 Å². The van der Waals surface area contributed by atoms with Gasteiger partial charge in [-0.3, -0.25) is 4.79 Å². The van der Waals surface area contributed by atoms with Crippen molar-refractivity contribution in [2.24, 2.45) is 5.73 Å². The number of hydrogen-bond donors (Lipinski definition) is 2. The summed E-state index contributed by atoms with van der Waals surface area (Å²) in [6.07, 6.45) is 0. The number of hydrogen-bond acceptors (Lipinski definition) is 2. The summed E-state index contributed by atoms with van der Waals surface area (Å²) in [5, 5.41) is 9.54. The maximum atomic E-state index is 13.3. The van der Waals surface area contributed by atoms with E-state index in [4.69, 9.17) is 5.73 Å². The molecule has 0 aliphatic rings. The number of carbonyl (C=O) groups is 1. The van der Waals surface area contributed by atoms with Crippen molar-refractivity contribution in [2.75, 3.05) is 0 Å². The fourth-order valence-corrected chi connectivity index (χ4v) is 1.16. The summed E-state index contributed by atoms with van der Waals surface area (Å²) in [5.41, 5.74) is 3.94. The predicted octanol–water partition coefficient (Wildman–Crippen LogP) is 1.15. The Bertz CT molecular complexity index is 369. The molecule has 4 heteroatoms. The Balaban J connectivity index is 3.21. The second kappa shape index (κ2) is 3.38. The first kappa shape index (κ1) is 10.7. The zero-order valence-corrected chi connectivity index (χ0v) is 8.04. The number of aliphatic hydroxyl groups is 1. The molecule has 0 aliphatic carbocycles. The highest BCUT2D eigenvalue weighted by Crippen LogP contribution is 2.23. The van der Waals surface area contributed by atoms with E-state index in [1.54, 1.807) is 0 Å². The van der Waals surface area contributed by atoms with Gasteiger partial charge in [0.05, 0.1) is 5.60 Å². The van der Waals surface area contributed by atoms with Crippen LogP contribution < -0.4 is 5.73 Å². The average molecular weight is 197 g/mol. The van der Waals surface area contributed by atoms with Crippen LogP contribution in [-0.4, -0.2) is 11.0 Å². The maximum absolute atomic E-state index is 13.3. The van der Waals surface area contributed by atoms with E-state index in [0.717, 1.165) is 6.07 Å². The fourth-order valence-electron chi connectivity index (χ4n) is 1.16. The fraction of sp³-hybridized carbons (Fsp3) is 0.300. The molecule has 0 atom stereocenters. The molecule has 3 nitrogen and oxygen atoms in total. The predicted molar refractivity (Wildman–Crippen MR) is 50.2 cm³/mol. The Hall–Kier alpha value is -1.42. The lowest BCUT2D eigenvalue weighted by Gasteiger charge is -2.18. The van der Waals surface area contributed by atoms with Crippen molar-refractivity contribution >= 4 is 5.91 Å². The van der Waals surface area contributed by atoms with Crippen molar-refractivity contribution in [2.45, 2.75) is 19.4 Å². The summed E-state index contributed by atoms with van der Waals surface area (Å²) in [6.45, 7) is 2.94. The quantitative estimate of drug-likeness (QED) is 0.747. The van der Waals surface area contributed by atoms with Crippen molar-refractivity contribution < 1.29 is 14.3 Å². The Morgan fingerprint density at radius 1 is 1.50 bits per heavy atom. The van der Waals surface area contributed by atoms with E-state index in [0.29, 0.717) is 0 Å². The lowest BCUT2D eigenvalue weighted by molar-refractivity contribution is 0.0743. The number of rotatable bonds is 2. The number of primary amides is 1. The molecule has 0 heterocycles. The molecule has 76 valence electrons. The number of carbonyl (C=O) groups excluding carboxylic acids is 1. The van der Waals surface area contributed by atoms with E-state index in [-0.39, 0.29) is 11.1 Å². The normalized spacial score (nSPS) is 11.4. The highest BCUT2D eigenvalue weighted by atomic mass is 19.1. The largest absolute Gasteiger partial charge is 0.386 e. The zero-order chi connectivity index (χ0) is 10.9. The van der Waals surface area contributed by atoms with Crippen molar-refractivity contribution in [3.8, 4) is 0 Å². The van der Waals surface area contributed by atoms with Crippen molar-refractivity contribution in [3.63, 3.8) is 0 Å². The molecule has 0 fully saturated rings. The first-order chi connectivity index (χ1) is 6.32. The summed E-state index contributed by atoms with van der Waals surface area (Å²) in [7, 11) is 0. The summed E-state index contributed by atoms with van der Waals surface area (Å²) in [6, 6.07) is 3.77. The molecule has 14 heavy (non-hydrogen) atoms. The summed E-state index contributed by atoms with van der Waals surface area (Å²) in [4.78, 5) is 10.7. The Labute approximate surface area is 81.4 Å². The minimum Gasteiger partial charge on any atom is -0.386 e. The van der Waals surface area contributed by atoms with Crippen LogP contribution in [0.2, 0.25) is 0 Å². The molecular formula is C10H12FNO2. The van der Waals surface area contributed by atoms with Gasteiger partial charge in [-0.15, -0.1) is 0 Å². The molecule has 1 aromatic carbocycles. The lowest BCUT2D eigenvalue weighted by Crippen LogP contribution is -2.19. The molecule has 0 aromatic heterocycles. The van der Waals surface area contributed by atoms with E-state index in [1.165, 1.54) is 26.0 Å². The Morgan fingerprint density at radius 2 is 2.07 bits per heavy atom. The first-order valence-corrected chi connectivity index (χ1v) is 4.14. The molecule has 0 aliphatic heterocycles. The minimum absolute atomic E-state index is 0.0931. The third-order valence-corrected chi connectivity index (χ3v) is 1.91. The Morgan fingerprint density at radius 3 is 2.43 bits per heavy atom.